The van der Waals surface area contributed by atoms with Crippen LogP contribution in [0.4, 0.5) is 25.1 Å². The Hall–Kier alpha value is -2.81. The fourth-order valence-electron chi connectivity index (χ4n) is 2.96. The quantitative estimate of drug-likeness (QED) is 0.459. The van der Waals surface area contributed by atoms with Crippen molar-refractivity contribution in [2.45, 2.75) is 44.7 Å². The molecule has 0 saturated carbocycles. The molecule has 152 valence electrons. The minimum Gasteiger partial charge on any atom is -0.398 e. The average molecular weight is 392 g/mol. The Labute approximate surface area is 163 Å². The van der Waals surface area contributed by atoms with E-state index in [0.29, 0.717) is 0 Å². The van der Waals surface area contributed by atoms with Crippen LogP contribution in [-0.2, 0) is 0 Å². The number of carbonyl (C=O) groups excluding carboxylic acids is 1. The number of hydrogen-bond acceptors (Lipinski definition) is 5. The standard InChI is InChI=1S/C19H26F2N6O/c1-11(12-7-5-4-6-8-12)26-18(28)27-15-9-14(22)13(10-25-15)16(23)17(24-3)19(2,20)21/h5,7-11,17,23-24H,4,6H2,1-3H3,(H4,22,25,26,27,28). The van der Waals surface area contributed by atoms with Gasteiger partial charge in [0.05, 0.1) is 11.8 Å². The van der Waals surface area contributed by atoms with Crippen molar-refractivity contribution in [2.75, 3.05) is 18.1 Å². The van der Waals surface area contributed by atoms with Crippen molar-refractivity contribution in [3.8, 4) is 0 Å². The lowest BCUT2D eigenvalue weighted by Gasteiger charge is -2.24. The number of nitrogen functional groups attached to an aromatic ring is 1. The Kier molecular flexibility index (Phi) is 6.85. The fourth-order valence-corrected chi connectivity index (χ4v) is 2.96. The van der Waals surface area contributed by atoms with Gasteiger partial charge in [-0.05, 0) is 32.4 Å². The van der Waals surface area contributed by atoms with E-state index in [1.807, 2.05) is 13.0 Å². The summed E-state index contributed by atoms with van der Waals surface area (Å²) in [7, 11) is 1.35. The Balaban J connectivity index is 2.05. The molecule has 2 rings (SSSR count). The summed E-state index contributed by atoms with van der Waals surface area (Å²) in [6, 6.07) is -0.801. The van der Waals surface area contributed by atoms with Gasteiger partial charge in [-0.2, -0.15) is 0 Å². The summed E-state index contributed by atoms with van der Waals surface area (Å²) in [5.74, 6) is -2.98. The summed E-state index contributed by atoms with van der Waals surface area (Å²) in [6.45, 7) is 2.60. The molecule has 7 nitrogen and oxygen atoms in total. The van der Waals surface area contributed by atoms with E-state index in [9.17, 15) is 13.6 Å². The number of anilines is 2. The Morgan fingerprint density at radius 3 is 2.64 bits per heavy atom. The highest BCUT2D eigenvalue weighted by molar-refractivity contribution is 6.06. The fraction of sp³-hybridized carbons (Fsp3) is 0.421. The summed E-state index contributed by atoms with van der Waals surface area (Å²) in [6.07, 6.45) is 9.25. The van der Waals surface area contributed by atoms with Crippen LogP contribution in [0, 0.1) is 5.41 Å². The minimum absolute atomic E-state index is 0.0748. The minimum atomic E-state index is -3.15. The van der Waals surface area contributed by atoms with Gasteiger partial charge >= 0.3 is 6.03 Å². The van der Waals surface area contributed by atoms with Gasteiger partial charge in [0.2, 0.25) is 0 Å². The molecular formula is C19H26F2N6O. The van der Waals surface area contributed by atoms with Crippen LogP contribution in [0.2, 0.25) is 0 Å². The maximum atomic E-state index is 13.6. The van der Waals surface area contributed by atoms with E-state index in [2.05, 4.69) is 33.1 Å². The third kappa shape index (κ3) is 5.35. The molecule has 0 fully saturated rings. The second kappa shape index (κ2) is 8.92. The number of nitrogens with zero attached hydrogens (tertiary/aromatic N) is 1. The highest BCUT2D eigenvalue weighted by atomic mass is 19.3. The molecule has 1 aromatic heterocycles. The maximum absolute atomic E-state index is 13.6. The molecular weight excluding hydrogens is 366 g/mol. The molecule has 1 aromatic rings. The maximum Gasteiger partial charge on any atom is 0.320 e. The molecule has 2 atom stereocenters. The van der Waals surface area contributed by atoms with Gasteiger partial charge in [-0.15, -0.1) is 0 Å². The molecule has 9 heteroatoms. The van der Waals surface area contributed by atoms with E-state index in [-0.39, 0.29) is 28.8 Å². The lowest BCUT2D eigenvalue weighted by Crippen LogP contribution is -2.47. The number of allylic oxidation sites excluding steroid dienone is 2. The Morgan fingerprint density at radius 1 is 1.39 bits per heavy atom. The number of urea groups is 1. The number of rotatable bonds is 7. The van der Waals surface area contributed by atoms with E-state index >= 15 is 0 Å². The number of amides is 2. The number of aromatic nitrogens is 1. The predicted molar refractivity (Wildman–Crippen MR) is 107 cm³/mol. The van der Waals surface area contributed by atoms with E-state index in [4.69, 9.17) is 11.1 Å². The second-order valence-corrected chi connectivity index (χ2v) is 6.75. The van der Waals surface area contributed by atoms with E-state index < -0.39 is 18.0 Å². The van der Waals surface area contributed by atoms with Crippen LogP contribution in [0.25, 0.3) is 0 Å². The summed E-state index contributed by atoms with van der Waals surface area (Å²) in [5.41, 5.74) is 6.71. The zero-order chi connectivity index (χ0) is 20.9. The summed E-state index contributed by atoms with van der Waals surface area (Å²) >= 11 is 0. The largest absolute Gasteiger partial charge is 0.398 e. The number of nitrogens with two attached hydrogens (primary N) is 1. The van der Waals surface area contributed by atoms with Crippen molar-refractivity contribution in [2.24, 2.45) is 0 Å². The van der Waals surface area contributed by atoms with Crippen molar-refractivity contribution in [3.63, 3.8) is 0 Å². The average Bonchev–Trinajstić information content (AvgIpc) is 2.61. The van der Waals surface area contributed by atoms with Crippen LogP contribution >= 0.6 is 0 Å². The van der Waals surface area contributed by atoms with Crippen LogP contribution in [-0.4, -0.2) is 41.8 Å². The molecule has 6 N–H and O–H groups in total. The first-order valence-corrected chi connectivity index (χ1v) is 8.97. The molecule has 1 aliphatic carbocycles. The molecule has 0 bridgehead atoms. The second-order valence-electron chi connectivity index (χ2n) is 6.75. The molecule has 1 heterocycles. The van der Waals surface area contributed by atoms with Gasteiger partial charge in [-0.3, -0.25) is 5.32 Å². The number of alkyl halides is 2. The molecule has 0 aliphatic heterocycles. The lowest BCUT2D eigenvalue weighted by molar-refractivity contribution is 0.00597. The molecule has 1 aliphatic rings. The van der Waals surface area contributed by atoms with Crippen molar-refractivity contribution < 1.29 is 13.6 Å². The van der Waals surface area contributed by atoms with Crippen LogP contribution in [0.5, 0.6) is 0 Å². The van der Waals surface area contributed by atoms with Gasteiger partial charge in [0.1, 0.15) is 11.9 Å². The van der Waals surface area contributed by atoms with Crippen molar-refractivity contribution >= 4 is 23.2 Å². The monoisotopic (exact) mass is 392 g/mol. The van der Waals surface area contributed by atoms with Crippen molar-refractivity contribution in [1.29, 1.82) is 5.41 Å². The summed E-state index contributed by atoms with van der Waals surface area (Å²) < 4.78 is 27.3. The topological polar surface area (TPSA) is 116 Å². The number of carbonyl (C=O) groups is 1. The van der Waals surface area contributed by atoms with E-state index in [1.165, 1.54) is 19.3 Å². The van der Waals surface area contributed by atoms with Crippen molar-refractivity contribution in [1.82, 2.24) is 15.6 Å². The molecule has 0 aromatic carbocycles. The number of nitrogens with one attached hydrogen (secondary N) is 4. The van der Waals surface area contributed by atoms with Gasteiger partial charge in [-0.1, -0.05) is 18.2 Å². The molecule has 0 radical (unpaired) electrons. The van der Waals surface area contributed by atoms with E-state index in [0.717, 1.165) is 25.3 Å². The van der Waals surface area contributed by atoms with Crippen molar-refractivity contribution in [3.05, 3.63) is 41.6 Å². The van der Waals surface area contributed by atoms with Crippen LogP contribution in [0.1, 0.15) is 32.3 Å². The highest BCUT2D eigenvalue weighted by Crippen LogP contribution is 2.24. The molecule has 0 spiro atoms. The summed E-state index contributed by atoms with van der Waals surface area (Å²) in [5, 5.41) is 15.8. The zero-order valence-electron chi connectivity index (χ0n) is 16.1. The number of hydrogen-bond donors (Lipinski definition) is 5. The van der Waals surface area contributed by atoms with Gasteiger partial charge in [-0.25, -0.2) is 18.6 Å². The third-order valence-electron chi connectivity index (χ3n) is 4.42. The van der Waals surface area contributed by atoms with Crippen LogP contribution in [0.3, 0.4) is 0 Å². The van der Waals surface area contributed by atoms with Crippen LogP contribution < -0.4 is 21.7 Å². The first-order valence-electron chi connectivity index (χ1n) is 8.97. The lowest BCUT2D eigenvalue weighted by atomic mass is 9.99. The van der Waals surface area contributed by atoms with Gasteiger partial charge in [0.15, 0.2) is 0 Å². The SMILES string of the molecule is CNC(C(=N)c1cnc(NC(=O)NC(C)C2=CCCC=C2)cc1N)C(C)(F)F. The molecule has 2 unspecified atom stereocenters. The van der Waals surface area contributed by atoms with E-state index in [1.54, 1.807) is 0 Å². The molecule has 0 saturated heterocycles. The van der Waals surface area contributed by atoms with Crippen LogP contribution in [0.15, 0.2) is 36.1 Å². The summed E-state index contributed by atoms with van der Waals surface area (Å²) in [4.78, 5) is 16.2. The smallest absolute Gasteiger partial charge is 0.320 e. The third-order valence-corrected chi connectivity index (χ3v) is 4.42. The number of halogens is 2. The Morgan fingerprint density at radius 2 is 2.11 bits per heavy atom. The molecule has 28 heavy (non-hydrogen) atoms. The van der Waals surface area contributed by atoms with Gasteiger partial charge < -0.3 is 21.8 Å². The highest BCUT2D eigenvalue weighted by Gasteiger charge is 2.37. The van der Waals surface area contributed by atoms with Gasteiger partial charge in [0, 0.05) is 30.4 Å². The normalized spacial score (nSPS) is 16.1. The predicted octanol–water partition coefficient (Wildman–Crippen LogP) is 3.06. The molecule has 2 amide bonds. The Bertz CT molecular complexity index is 800. The zero-order valence-corrected chi connectivity index (χ0v) is 16.1. The number of pyridine rings is 1. The first-order chi connectivity index (χ1) is 13.1. The van der Waals surface area contributed by atoms with Gasteiger partial charge in [0.25, 0.3) is 5.92 Å². The number of likely N-dealkylation sites (N-methyl/N-ethyl adjacent to an activating group) is 1. The first kappa shape index (κ1) is 21.5.